The lowest BCUT2D eigenvalue weighted by Gasteiger charge is -2.26. The lowest BCUT2D eigenvalue weighted by atomic mass is 10.2. The molecule has 2 rings (SSSR count). The quantitative estimate of drug-likeness (QED) is 0.657. The van der Waals surface area contributed by atoms with Crippen molar-refractivity contribution in [2.75, 3.05) is 31.6 Å². The topological polar surface area (TPSA) is 99.2 Å². The highest BCUT2D eigenvalue weighted by Gasteiger charge is 2.24. The van der Waals surface area contributed by atoms with E-state index in [9.17, 15) is 14.4 Å². The molecule has 1 aromatic rings. The predicted molar refractivity (Wildman–Crippen MR) is 96.6 cm³/mol. The number of carbonyl (C=O) groups is 3. The zero-order valence-electron chi connectivity index (χ0n) is 14.9. The van der Waals surface area contributed by atoms with E-state index in [-0.39, 0.29) is 12.3 Å². The minimum absolute atomic E-state index is 0.256. The molecule has 1 aromatic carbocycles. The van der Waals surface area contributed by atoms with Gasteiger partial charge >= 0.3 is 12.1 Å². The van der Waals surface area contributed by atoms with Crippen LogP contribution in [0, 0.1) is 0 Å². The number of imide groups is 1. The Morgan fingerprint density at radius 1 is 1.27 bits per heavy atom. The van der Waals surface area contributed by atoms with Gasteiger partial charge in [-0.15, -0.1) is 0 Å². The van der Waals surface area contributed by atoms with Crippen molar-refractivity contribution in [1.29, 1.82) is 0 Å². The van der Waals surface area contributed by atoms with Gasteiger partial charge < -0.3 is 14.7 Å². The van der Waals surface area contributed by atoms with Crippen LogP contribution in [0.5, 0.6) is 5.75 Å². The number of carboxylic acid groups (broad SMARTS) is 1. The predicted octanol–water partition coefficient (Wildman–Crippen LogP) is 2.68. The Kier molecular flexibility index (Phi) is 7.25. The summed E-state index contributed by atoms with van der Waals surface area (Å²) < 4.78 is 5.73. The minimum atomic E-state index is -0.903. The highest BCUT2D eigenvalue weighted by Crippen LogP contribution is 2.23. The summed E-state index contributed by atoms with van der Waals surface area (Å²) in [5.74, 6) is 0.422. The van der Waals surface area contributed by atoms with Crippen LogP contribution in [0.3, 0.4) is 0 Å². The van der Waals surface area contributed by atoms with Crippen LogP contribution in [0.15, 0.2) is 24.3 Å². The summed E-state index contributed by atoms with van der Waals surface area (Å²) in [5.41, 5.74) is 0.698. The molecule has 26 heavy (non-hydrogen) atoms. The molecule has 4 amide bonds. The molecule has 1 aliphatic rings. The molecule has 1 aliphatic heterocycles. The fourth-order valence-electron chi connectivity index (χ4n) is 2.64. The molecule has 8 heteroatoms. The maximum atomic E-state index is 11.9. The van der Waals surface area contributed by atoms with Gasteiger partial charge in [0.2, 0.25) is 5.91 Å². The Bertz CT molecular complexity index is 649. The van der Waals surface area contributed by atoms with Gasteiger partial charge in [0.15, 0.2) is 0 Å². The number of urea groups is 1. The SMILES string of the molecule is CN(CCCCCCOc1cccc(N2CCC(=O)NC2=O)c1)C(=O)O. The zero-order valence-corrected chi connectivity index (χ0v) is 14.9. The van der Waals surface area contributed by atoms with Crippen LogP contribution in [0.2, 0.25) is 0 Å². The van der Waals surface area contributed by atoms with Gasteiger partial charge in [0, 0.05) is 38.3 Å². The first-order chi connectivity index (χ1) is 12.5. The van der Waals surface area contributed by atoms with Crippen LogP contribution < -0.4 is 15.0 Å². The van der Waals surface area contributed by atoms with Crippen LogP contribution >= 0.6 is 0 Å². The van der Waals surface area contributed by atoms with Gasteiger partial charge in [0.25, 0.3) is 0 Å². The Morgan fingerprint density at radius 3 is 2.77 bits per heavy atom. The van der Waals surface area contributed by atoms with Crippen molar-refractivity contribution in [2.45, 2.75) is 32.1 Å². The Morgan fingerprint density at radius 2 is 2.04 bits per heavy atom. The largest absolute Gasteiger partial charge is 0.494 e. The molecule has 0 atom stereocenters. The molecule has 8 nitrogen and oxygen atoms in total. The van der Waals surface area contributed by atoms with Crippen LogP contribution in [0.1, 0.15) is 32.1 Å². The van der Waals surface area contributed by atoms with E-state index in [0.29, 0.717) is 31.1 Å². The van der Waals surface area contributed by atoms with Crippen molar-refractivity contribution in [3.05, 3.63) is 24.3 Å². The van der Waals surface area contributed by atoms with Gasteiger partial charge in [-0.05, 0) is 25.0 Å². The number of nitrogens with zero attached hydrogens (tertiary/aromatic N) is 2. The van der Waals surface area contributed by atoms with Crippen LogP contribution in [0.25, 0.3) is 0 Å². The van der Waals surface area contributed by atoms with Crippen molar-refractivity contribution in [3.8, 4) is 5.75 Å². The number of nitrogens with one attached hydrogen (secondary N) is 1. The summed E-state index contributed by atoms with van der Waals surface area (Å²) >= 11 is 0. The van der Waals surface area contributed by atoms with E-state index in [1.54, 1.807) is 19.2 Å². The third kappa shape index (κ3) is 5.94. The number of rotatable bonds is 9. The summed E-state index contributed by atoms with van der Waals surface area (Å²) in [7, 11) is 1.57. The van der Waals surface area contributed by atoms with E-state index in [4.69, 9.17) is 9.84 Å². The molecule has 0 bridgehead atoms. The maximum absolute atomic E-state index is 11.9. The Hall–Kier alpha value is -2.77. The third-order valence-corrected chi connectivity index (χ3v) is 4.17. The van der Waals surface area contributed by atoms with E-state index in [1.165, 1.54) is 9.80 Å². The first kappa shape index (κ1) is 19.6. The van der Waals surface area contributed by atoms with E-state index in [1.807, 2.05) is 12.1 Å². The molecular formula is C18H25N3O5. The average molecular weight is 363 g/mol. The normalized spacial score (nSPS) is 14.1. The highest BCUT2D eigenvalue weighted by molar-refractivity contribution is 6.05. The van der Waals surface area contributed by atoms with Gasteiger partial charge in [0.05, 0.1) is 6.61 Å². The molecule has 0 aliphatic carbocycles. The van der Waals surface area contributed by atoms with Gasteiger partial charge in [-0.1, -0.05) is 18.9 Å². The van der Waals surface area contributed by atoms with E-state index < -0.39 is 12.1 Å². The molecule has 142 valence electrons. The summed E-state index contributed by atoms with van der Waals surface area (Å²) in [4.78, 5) is 36.6. The third-order valence-electron chi connectivity index (χ3n) is 4.17. The number of ether oxygens (including phenoxy) is 1. The highest BCUT2D eigenvalue weighted by atomic mass is 16.5. The molecule has 0 spiro atoms. The first-order valence-electron chi connectivity index (χ1n) is 8.75. The Balaban J connectivity index is 1.70. The molecular weight excluding hydrogens is 338 g/mol. The number of carbonyl (C=O) groups excluding carboxylic acids is 2. The van der Waals surface area contributed by atoms with Gasteiger partial charge in [-0.3, -0.25) is 15.0 Å². The second-order valence-electron chi connectivity index (χ2n) is 6.22. The van der Waals surface area contributed by atoms with E-state index in [0.717, 1.165) is 25.7 Å². The zero-order chi connectivity index (χ0) is 18.9. The number of hydrogen-bond acceptors (Lipinski definition) is 4. The molecule has 0 aromatic heterocycles. The van der Waals surface area contributed by atoms with Gasteiger partial charge in [-0.25, -0.2) is 9.59 Å². The first-order valence-corrected chi connectivity index (χ1v) is 8.75. The lowest BCUT2D eigenvalue weighted by Crippen LogP contribution is -2.49. The van der Waals surface area contributed by atoms with Gasteiger partial charge in [0.1, 0.15) is 5.75 Å². The summed E-state index contributed by atoms with van der Waals surface area (Å²) in [6.45, 7) is 1.46. The number of anilines is 1. The van der Waals surface area contributed by atoms with E-state index >= 15 is 0 Å². The fourth-order valence-corrected chi connectivity index (χ4v) is 2.64. The van der Waals surface area contributed by atoms with E-state index in [2.05, 4.69) is 5.32 Å². The smallest absolute Gasteiger partial charge is 0.407 e. The average Bonchev–Trinajstić information content (AvgIpc) is 2.60. The molecule has 1 saturated heterocycles. The number of unbranched alkanes of at least 4 members (excludes halogenated alkanes) is 3. The minimum Gasteiger partial charge on any atom is -0.494 e. The summed E-state index contributed by atoms with van der Waals surface area (Å²) in [5, 5.41) is 11.1. The van der Waals surface area contributed by atoms with Crippen molar-refractivity contribution in [3.63, 3.8) is 0 Å². The molecule has 1 heterocycles. The lowest BCUT2D eigenvalue weighted by molar-refractivity contribution is -0.120. The number of benzene rings is 1. The van der Waals surface area contributed by atoms with Gasteiger partial charge in [-0.2, -0.15) is 0 Å². The second-order valence-corrected chi connectivity index (χ2v) is 6.22. The Labute approximate surface area is 152 Å². The van der Waals surface area contributed by atoms with Crippen LogP contribution in [0.4, 0.5) is 15.3 Å². The number of hydrogen-bond donors (Lipinski definition) is 2. The summed E-state index contributed by atoms with van der Waals surface area (Å²) in [6, 6.07) is 6.83. The standard InChI is InChI=1S/C18H25N3O5/c1-20(18(24)25)10-4-2-3-5-12-26-15-8-6-7-14(13-15)21-11-9-16(22)19-17(21)23/h6-8,13H,2-5,9-12H2,1H3,(H,24,25)(H,19,22,23). The molecule has 0 unspecified atom stereocenters. The molecule has 0 saturated carbocycles. The monoisotopic (exact) mass is 363 g/mol. The van der Waals surface area contributed by atoms with Crippen LogP contribution in [-0.4, -0.2) is 54.8 Å². The van der Waals surface area contributed by atoms with Crippen molar-refractivity contribution in [2.24, 2.45) is 0 Å². The van der Waals surface area contributed by atoms with Crippen LogP contribution in [-0.2, 0) is 4.79 Å². The molecule has 2 N–H and O–H groups in total. The maximum Gasteiger partial charge on any atom is 0.407 e. The van der Waals surface area contributed by atoms with Crippen molar-refractivity contribution >= 4 is 23.7 Å². The summed E-state index contributed by atoms with van der Waals surface area (Å²) in [6.07, 6.45) is 3.00. The second kappa shape index (κ2) is 9.65. The number of amides is 4. The fraction of sp³-hybridized carbons (Fsp3) is 0.500. The van der Waals surface area contributed by atoms with Crippen molar-refractivity contribution in [1.82, 2.24) is 10.2 Å². The molecule has 1 fully saturated rings. The van der Waals surface area contributed by atoms with Crippen molar-refractivity contribution < 1.29 is 24.2 Å². The molecule has 0 radical (unpaired) electrons.